The molecule has 2 heterocycles. The molecule has 0 saturated heterocycles. The van der Waals surface area contributed by atoms with Crippen LogP contribution in [0.1, 0.15) is 30.0 Å². The molecule has 1 aromatic carbocycles. The van der Waals surface area contributed by atoms with Crippen molar-refractivity contribution in [1.82, 2.24) is 24.6 Å². The van der Waals surface area contributed by atoms with Crippen molar-refractivity contribution < 1.29 is 0 Å². The molecule has 0 bridgehead atoms. The molecule has 0 fully saturated rings. The molecule has 5 heteroatoms. The Bertz CT molecular complexity index is 759. The van der Waals surface area contributed by atoms with Crippen LogP contribution < -0.4 is 5.32 Å². The van der Waals surface area contributed by atoms with Crippen LogP contribution in [-0.2, 0) is 13.1 Å². The van der Waals surface area contributed by atoms with Crippen LogP contribution in [0.25, 0.3) is 5.69 Å². The van der Waals surface area contributed by atoms with Crippen LogP contribution in [0.3, 0.4) is 0 Å². The van der Waals surface area contributed by atoms with Gasteiger partial charge in [-0.25, -0.2) is 9.67 Å². The van der Waals surface area contributed by atoms with E-state index >= 15 is 0 Å². The molecule has 2 aromatic heterocycles. The number of hydrogen-bond donors (Lipinski definition) is 1. The van der Waals surface area contributed by atoms with Gasteiger partial charge < -0.3 is 9.88 Å². The van der Waals surface area contributed by atoms with Gasteiger partial charge in [0.1, 0.15) is 0 Å². The first kappa shape index (κ1) is 16.5. The number of rotatable bonds is 7. The van der Waals surface area contributed by atoms with E-state index in [1.165, 1.54) is 22.4 Å². The summed E-state index contributed by atoms with van der Waals surface area (Å²) in [4.78, 5) is 4.12. The lowest BCUT2D eigenvalue weighted by molar-refractivity contribution is 0.434. The Kier molecular flexibility index (Phi) is 5.11. The van der Waals surface area contributed by atoms with Crippen LogP contribution in [0.15, 0.2) is 49.3 Å². The van der Waals surface area contributed by atoms with E-state index in [2.05, 4.69) is 52.9 Å². The molecule has 1 N–H and O–H groups in total. The van der Waals surface area contributed by atoms with Crippen LogP contribution in [0, 0.1) is 13.8 Å². The van der Waals surface area contributed by atoms with Crippen molar-refractivity contribution >= 4 is 0 Å². The first-order valence-electron chi connectivity index (χ1n) is 8.46. The SMILES string of the molecule is CCC(Cn1ccnc1)NCc1cc(C)cc(C)c1-n1cccn1. The van der Waals surface area contributed by atoms with Crippen LogP contribution in [-0.4, -0.2) is 25.4 Å². The maximum atomic E-state index is 4.42. The normalized spacial score (nSPS) is 12.5. The molecule has 0 amide bonds. The predicted octanol–water partition coefficient (Wildman–Crippen LogP) is 3.25. The third-order valence-electron chi connectivity index (χ3n) is 4.32. The van der Waals surface area contributed by atoms with Crippen molar-refractivity contribution in [3.05, 3.63) is 66.0 Å². The summed E-state index contributed by atoms with van der Waals surface area (Å²) >= 11 is 0. The highest BCUT2D eigenvalue weighted by atomic mass is 15.3. The average Bonchev–Trinajstić information content (AvgIpc) is 3.24. The topological polar surface area (TPSA) is 47.7 Å². The smallest absolute Gasteiger partial charge is 0.0946 e. The zero-order valence-corrected chi connectivity index (χ0v) is 14.6. The van der Waals surface area contributed by atoms with E-state index in [4.69, 9.17) is 0 Å². The number of nitrogens with zero attached hydrogens (tertiary/aromatic N) is 4. The second-order valence-corrected chi connectivity index (χ2v) is 6.29. The van der Waals surface area contributed by atoms with Gasteiger partial charge in [0.25, 0.3) is 0 Å². The molecular formula is C19H25N5. The summed E-state index contributed by atoms with van der Waals surface area (Å²) in [6.45, 7) is 8.26. The van der Waals surface area contributed by atoms with E-state index in [-0.39, 0.29) is 0 Å². The molecular weight excluding hydrogens is 298 g/mol. The van der Waals surface area contributed by atoms with E-state index in [1.54, 1.807) is 0 Å². The molecule has 126 valence electrons. The highest BCUT2D eigenvalue weighted by molar-refractivity contribution is 5.49. The van der Waals surface area contributed by atoms with Crippen LogP contribution in [0.4, 0.5) is 0 Å². The van der Waals surface area contributed by atoms with E-state index in [1.807, 2.05) is 41.9 Å². The maximum Gasteiger partial charge on any atom is 0.0946 e. The monoisotopic (exact) mass is 323 g/mol. The summed E-state index contributed by atoms with van der Waals surface area (Å²) in [6.07, 6.45) is 10.6. The minimum absolute atomic E-state index is 0.408. The van der Waals surface area contributed by atoms with Gasteiger partial charge in [-0.15, -0.1) is 0 Å². The Labute approximate surface area is 143 Å². The third-order valence-corrected chi connectivity index (χ3v) is 4.32. The minimum atomic E-state index is 0.408. The van der Waals surface area contributed by atoms with E-state index in [9.17, 15) is 0 Å². The summed E-state index contributed by atoms with van der Waals surface area (Å²) in [7, 11) is 0. The molecule has 0 aliphatic carbocycles. The number of benzene rings is 1. The van der Waals surface area contributed by atoms with Gasteiger partial charge in [-0.05, 0) is 37.5 Å². The van der Waals surface area contributed by atoms with Gasteiger partial charge in [0.05, 0.1) is 12.0 Å². The van der Waals surface area contributed by atoms with Crippen molar-refractivity contribution in [2.75, 3.05) is 0 Å². The van der Waals surface area contributed by atoms with Crippen molar-refractivity contribution in [3.63, 3.8) is 0 Å². The summed E-state index contributed by atoms with van der Waals surface area (Å²) in [5.74, 6) is 0. The summed E-state index contributed by atoms with van der Waals surface area (Å²) < 4.78 is 4.08. The Hall–Kier alpha value is -2.40. The Morgan fingerprint density at radius 2 is 2.04 bits per heavy atom. The zero-order valence-electron chi connectivity index (χ0n) is 14.6. The van der Waals surface area contributed by atoms with E-state index in [0.717, 1.165) is 19.5 Å². The maximum absolute atomic E-state index is 4.42. The van der Waals surface area contributed by atoms with Gasteiger partial charge in [0.2, 0.25) is 0 Å². The highest BCUT2D eigenvalue weighted by Gasteiger charge is 2.12. The molecule has 0 aliphatic rings. The van der Waals surface area contributed by atoms with Crippen molar-refractivity contribution in [3.8, 4) is 5.69 Å². The molecule has 0 saturated carbocycles. The average molecular weight is 323 g/mol. The van der Waals surface area contributed by atoms with Gasteiger partial charge in [0, 0.05) is 43.9 Å². The molecule has 0 aliphatic heterocycles. The predicted molar refractivity (Wildman–Crippen MR) is 96.2 cm³/mol. The fourth-order valence-corrected chi connectivity index (χ4v) is 3.15. The molecule has 1 unspecified atom stereocenters. The van der Waals surface area contributed by atoms with Crippen molar-refractivity contribution in [1.29, 1.82) is 0 Å². The number of nitrogens with one attached hydrogen (secondary N) is 1. The van der Waals surface area contributed by atoms with Crippen LogP contribution in [0.2, 0.25) is 0 Å². The van der Waals surface area contributed by atoms with Gasteiger partial charge in [0.15, 0.2) is 0 Å². The quantitative estimate of drug-likeness (QED) is 0.726. The van der Waals surface area contributed by atoms with E-state index in [0.29, 0.717) is 6.04 Å². The van der Waals surface area contributed by atoms with Crippen molar-refractivity contribution in [2.45, 2.75) is 46.3 Å². The number of aromatic nitrogens is 4. The van der Waals surface area contributed by atoms with Crippen LogP contribution >= 0.6 is 0 Å². The van der Waals surface area contributed by atoms with Gasteiger partial charge in [-0.1, -0.05) is 24.6 Å². The van der Waals surface area contributed by atoms with Crippen molar-refractivity contribution in [2.24, 2.45) is 0 Å². The lowest BCUT2D eigenvalue weighted by Gasteiger charge is -2.20. The molecule has 0 spiro atoms. The third kappa shape index (κ3) is 3.74. The van der Waals surface area contributed by atoms with E-state index < -0.39 is 0 Å². The lowest BCUT2D eigenvalue weighted by Crippen LogP contribution is -2.32. The van der Waals surface area contributed by atoms with Gasteiger partial charge in [-0.3, -0.25) is 0 Å². The summed E-state index contributed by atoms with van der Waals surface area (Å²) in [5.41, 5.74) is 4.98. The Morgan fingerprint density at radius 3 is 2.71 bits per heavy atom. The van der Waals surface area contributed by atoms with Gasteiger partial charge in [-0.2, -0.15) is 5.10 Å². The highest BCUT2D eigenvalue weighted by Crippen LogP contribution is 2.21. The second-order valence-electron chi connectivity index (χ2n) is 6.29. The largest absolute Gasteiger partial charge is 0.336 e. The second kappa shape index (κ2) is 7.45. The lowest BCUT2D eigenvalue weighted by atomic mass is 10.0. The standard InChI is InChI=1S/C19H25N5/c1-4-18(13-23-9-7-20-14-23)21-12-17-11-15(2)10-16(3)19(17)24-8-5-6-22-24/h5-11,14,18,21H,4,12-13H2,1-3H3. The molecule has 0 radical (unpaired) electrons. The molecule has 5 nitrogen and oxygen atoms in total. The first-order valence-corrected chi connectivity index (χ1v) is 8.46. The van der Waals surface area contributed by atoms with Gasteiger partial charge >= 0.3 is 0 Å². The fourth-order valence-electron chi connectivity index (χ4n) is 3.15. The number of aryl methyl sites for hydroxylation is 2. The zero-order chi connectivity index (χ0) is 16.9. The molecule has 3 rings (SSSR count). The Balaban J connectivity index is 1.79. The summed E-state index contributed by atoms with van der Waals surface area (Å²) in [5, 5.41) is 8.11. The first-order chi connectivity index (χ1) is 11.7. The summed E-state index contributed by atoms with van der Waals surface area (Å²) in [6, 6.07) is 6.83. The number of hydrogen-bond acceptors (Lipinski definition) is 3. The minimum Gasteiger partial charge on any atom is -0.336 e. The number of imidazole rings is 1. The molecule has 24 heavy (non-hydrogen) atoms. The molecule has 3 aromatic rings. The van der Waals surface area contributed by atoms with Crippen LogP contribution in [0.5, 0.6) is 0 Å². The molecule has 1 atom stereocenters. The Morgan fingerprint density at radius 1 is 1.17 bits per heavy atom. The fraction of sp³-hybridized carbons (Fsp3) is 0.368.